The van der Waals surface area contributed by atoms with E-state index in [0.717, 1.165) is 37.1 Å². The molecule has 0 atom stereocenters. The third-order valence-electron chi connectivity index (χ3n) is 2.65. The van der Waals surface area contributed by atoms with Crippen LogP contribution >= 0.6 is 11.8 Å². The minimum Gasteiger partial charge on any atom is -0.491 e. The van der Waals surface area contributed by atoms with E-state index in [1.54, 1.807) is 13.3 Å². The van der Waals surface area contributed by atoms with Gasteiger partial charge in [-0.05, 0) is 31.3 Å². The Morgan fingerprint density at radius 2 is 2.26 bits per heavy atom. The molecule has 5 nitrogen and oxygen atoms in total. The van der Waals surface area contributed by atoms with Crippen molar-refractivity contribution in [3.63, 3.8) is 0 Å². The quantitative estimate of drug-likeness (QED) is 0.742. The van der Waals surface area contributed by atoms with Gasteiger partial charge < -0.3 is 10.5 Å². The first kappa shape index (κ1) is 15.8. The van der Waals surface area contributed by atoms with Gasteiger partial charge in [0.25, 0.3) is 0 Å². The number of anilines is 1. The molecule has 0 spiro atoms. The molecule has 0 aliphatic carbocycles. The fourth-order valence-corrected chi connectivity index (χ4v) is 2.03. The van der Waals surface area contributed by atoms with Crippen LogP contribution in [0, 0.1) is 0 Å². The summed E-state index contributed by atoms with van der Waals surface area (Å²) in [4.78, 5) is 12.7. The summed E-state index contributed by atoms with van der Waals surface area (Å²) in [5, 5.41) is 0. The lowest BCUT2D eigenvalue weighted by atomic mass is 10.1. The van der Waals surface area contributed by atoms with Crippen molar-refractivity contribution in [2.75, 3.05) is 24.9 Å². The average molecular weight is 282 g/mol. The molecular weight excluding hydrogens is 260 g/mol. The number of aromatic nitrogens is 2. The van der Waals surface area contributed by atoms with Crippen LogP contribution in [-0.4, -0.2) is 34.8 Å². The standard InChI is InChI=1S/C13H22N4OS/c1-4-5-6-10(7-8-19-3)16-12-11(18-2)9-15-13(14)17-12/h9H,4-8H2,1-3H3,(H2,14,15,17)/b16-10-. The van der Waals surface area contributed by atoms with E-state index in [1.165, 1.54) is 0 Å². The first-order valence-electron chi connectivity index (χ1n) is 6.43. The Balaban J connectivity index is 2.94. The van der Waals surface area contributed by atoms with Crippen LogP contribution in [-0.2, 0) is 0 Å². The number of hydrogen-bond donors (Lipinski definition) is 1. The van der Waals surface area contributed by atoms with Crippen LogP contribution < -0.4 is 10.5 Å². The van der Waals surface area contributed by atoms with Gasteiger partial charge in [0.05, 0.1) is 13.3 Å². The number of thioether (sulfide) groups is 1. The van der Waals surface area contributed by atoms with Gasteiger partial charge >= 0.3 is 0 Å². The summed E-state index contributed by atoms with van der Waals surface area (Å²) in [6, 6.07) is 0. The summed E-state index contributed by atoms with van der Waals surface area (Å²) in [6.45, 7) is 2.18. The SMILES string of the molecule is CCCC/C(CCSC)=N/c1nc(N)ncc1OC. The zero-order chi connectivity index (χ0) is 14.1. The zero-order valence-electron chi connectivity index (χ0n) is 11.8. The molecule has 1 aromatic rings. The summed E-state index contributed by atoms with van der Waals surface area (Å²) in [6.07, 6.45) is 7.91. The third kappa shape index (κ3) is 5.46. The van der Waals surface area contributed by atoms with E-state index < -0.39 is 0 Å². The monoisotopic (exact) mass is 282 g/mol. The third-order valence-corrected chi connectivity index (χ3v) is 3.26. The molecule has 0 bridgehead atoms. The van der Waals surface area contributed by atoms with E-state index >= 15 is 0 Å². The van der Waals surface area contributed by atoms with Gasteiger partial charge in [-0.1, -0.05) is 13.3 Å². The molecule has 0 radical (unpaired) electrons. The number of nitrogens with zero attached hydrogens (tertiary/aromatic N) is 3. The summed E-state index contributed by atoms with van der Waals surface area (Å²) >= 11 is 1.82. The number of nitrogen functional groups attached to an aromatic ring is 1. The molecule has 19 heavy (non-hydrogen) atoms. The molecule has 0 fully saturated rings. The second-order valence-corrected chi connectivity index (χ2v) is 5.13. The smallest absolute Gasteiger partial charge is 0.222 e. The van der Waals surface area contributed by atoms with Crippen LogP contribution in [0.5, 0.6) is 5.75 Å². The van der Waals surface area contributed by atoms with E-state index in [0.29, 0.717) is 11.6 Å². The molecule has 0 amide bonds. The van der Waals surface area contributed by atoms with E-state index in [1.807, 2.05) is 11.8 Å². The normalized spacial score (nSPS) is 11.6. The highest BCUT2D eigenvalue weighted by Gasteiger charge is 2.07. The summed E-state index contributed by atoms with van der Waals surface area (Å²) in [7, 11) is 1.58. The molecule has 1 aromatic heterocycles. The van der Waals surface area contributed by atoms with Crippen LogP contribution in [0.1, 0.15) is 32.6 Å². The highest BCUT2D eigenvalue weighted by molar-refractivity contribution is 7.98. The Hall–Kier alpha value is -1.30. The van der Waals surface area contributed by atoms with Crippen molar-refractivity contribution in [2.45, 2.75) is 32.6 Å². The van der Waals surface area contributed by atoms with Crippen molar-refractivity contribution in [1.82, 2.24) is 9.97 Å². The first-order valence-corrected chi connectivity index (χ1v) is 7.82. The average Bonchev–Trinajstić information content (AvgIpc) is 2.42. The number of ether oxygens (including phenoxy) is 1. The van der Waals surface area contributed by atoms with Gasteiger partial charge in [-0.15, -0.1) is 0 Å². The highest BCUT2D eigenvalue weighted by Crippen LogP contribution is 2.25. The van der Waals surface area contributed by atoms with Crippen molar-refractivity contribution < 1.29 is 4.74 Å². The maximum absolute atomic E-state index is 5.61. The molecule has 0 aliphatic heterocycles. The van der Waals surface area contributed by atoms with Crippen LogP contribution in [0.15, 0.2) is 11.2 Å². The van der Waals surface area contributed by atoms with Crippen LogP contribution in [0.2, 0.25) is 0 Å². The Bertz CT molecular complexity index is 413. The van der Waals surface area contributed by atoms with Crippen molar-refractivity contribution >= 4 is 29.2 Å². The minimum atomic E-state index is 0.222. The lowest BCUT2D eigenvalue weighted by molar-refractivity contribution is 0.412. The second kappa shape index (κ2) is 8.74. The molecular formula is C13H22N4OS. The molecule has 0 aliphatic rings. The number of unbranched alkanes of at least 4 members (excludes halogenated alkanes) is 1. The highest BCUT2D eigenvalue weighted by atomic mass is 32.2. The molecule has 0 saturated heterocycles. The van der Waals surface area contributed by atoms with E-state index in [4.69, 9.17) is 10.5 Å². The number of rotatable bonds is 8. The van der Waals surface area contributed by atoms with Gasteiger partial charge in [0.1, 0.15) is 0 Å². The lowest BCUT2D eigenvalue weighted by Gasteiger charge is -2.08. The maximum atomic E-state index is 5.61. The molecule has 1 heterocycles. The summed E-state index contributed by atoms with van der Waals surface area (Å²) in [5.41, 5.74) is 6.75. The van der Waals surface area contributed by atoms with Crippen molar-refractivity contribution in [3.8, 4) is 5.75 Å². The summed E-state index contributed by atoms with van der Waals surface area (Å²) in [5.74, 6) is 2.37. The van der Waals surface area contributed by atoms with E-state index in [9.17, 15) is 0 Å². The molecule has 106 valence electrons. The fraction of sp³-hybridized carbons (Fsp3) is 0.615. The fourth-order valence-electron chi connectivity index (χ4n) is 1.59. The molecule has 2 N–H and O–H groups in total. The Morgan fingerprint density at radius 3 is 2.89 bits per heavy atom. The van der Waals surface area contributed by atoms with Gasteiger partial charge in [0, 0.05) is 5.71 Å². The Morgan fingerprint density at radius 1 is 1.47 bits per heavy atom. The first-order chi connectivity index (χ1) is 9.21. The van der Waals surface area contributed by atoms with Gasteiger partial charge in [-0.2, -0.15) is 16.7 Å². The van der Waals surface area contributed by atoms with E-state index in [2.05, 4.69) is 28.1 Å². The van der Waals surface area contributed by atoms with Crippen molar-refractivity contribution in [2.24, 2.45) is 4.99 Å². The Labute approximate surface area is 119 Å². The van der Waals surface area contributed by atoms with Crippen LogP contribution in [0.25, 0.3) is 0 Å². The largest absolute Gasteiger partial charge is 0.491 e. The van der Waals surface area contributed by atoms with Gasteiger partial charge in [0.15, 0.2) is 11.6 Å². The zero-order valence-corrected chi connectivity index (χ0v) is 12.7. The number of methoxy groups -OCH3 is 1. The van der Waals surface area contributed by atoms with Crippen LogP contribution in [0.3, 0.4) is 0 Å². The number of nitrogens with two attached hydrogens (primary N) is 1. The number of aliphatic imine (C=N–C) groups is 1. The molecule has 0 aromatic carbocycles. The van der Waals surface area contributed by atoms with Crippen molar-refractivity contribution in [3.05, 3.63) is 6.20 Å². The molecule has 1 rings (SSSR count). The molecule has 6 heteroatoms. The van der Waals surface area contributed by atoms with Gasteiger partial charge in [-0.3, -0.25) is 0 Å². The summed E-state index contributed by atoms with van der Waals surface area (Å²) < 4.78 is 5.22. The predicted octanol–water partition coefficient (Wildman–Crippen LogP) is 3.08. The second-order valence-electron chi connectivity index (χ2n) is 4.14. The van der Waals surface area contributed by atoms with E-state index in [-0.39, 0.29) is 5.95 Å². The molecule has 0 unspecified atom stereocenters. The van der Waals surface area contributed by atoms with Gasteiger partial charge in [0.2, 0.25) is 5.95 Å². The maximum Gasteiger partial charge on any atom is 0.222 e. The minimum absolute atomic E-state index is 0.222. The predicted molar refractivity (Wildman–Crippen MR) is 82.6 cm³/mol. The van der Waals surface area contributed by atoms with Crippen LogP contribution in [0.4, 0.5) is 11.8 Å². The number of hydrogen-bond acceptors (Lipinski definition) is 6. The topological polar surface area (TPSA) is 73.4 Å². The molecule has 0 saturated carbocycles. The lowest BCUT2D eigenvalue weighted by Crippen LogP contribution is -2.02. The Kier molecular flexibility index (Phi) is 7.25. The van der Waals surface area contributed by atoms with Gasteiger partial charge in [-0.25, -0.2) is 9.98 Å². The van der Waals surface area contributed by atoms with Crippen molar-refractivity contribution in [1.29, 1.82) is 0 Å².